The summed E-state index contributed by atoms with van der Waals surface area (Å²) < 4.78 is 9.71. The summed E-state index contributed by atoms with van der Waals surface area (Å²) in [5.41, 5.74) is 0.0985. The van der Waals surface area contributed by atoms with Crippen LogP contribution in [0.3, 0.4) is 0 Å². The van der Waals surface area contributed by atoms with Gasteiger partial charge in [-0.05, 0) is 24.3 Å². The molecule has 27 heavy (non-hydrogen) atoms. The molecule has 0 aromatic heterocycles. The maximum Gasteiger partial charge on any atom is 0.343 e. The molecule has 2 aliphatic rings. The number of nitrogens with one attached hydrogen (secondary N) is 2. The molecule has 1 saturated heterocycles. The summed E-state index contributed by atoms with van der Waals surface area (Å²) >= 11 is 0. The van der Waals surface area contributed by atoms with Gasteiger partial charge in [-0.15, -0.1) is 0 Å². The van der Waals surface area contributed by atoms with E-state index < -0.39 is 29.6 Å². The van der Waals surface area contributed by atoms with Crippen LogP contribution in [0.4, 0.5) is 5.69 Å². The average molecular weight is 373 g/mol. The van der Waals surface area contributed by atoms with Gasteiger partial charge in [0.2, 0.25) is 5.91 Å². The highest BCUT2D eigenvalue weighted by atomic mass is 16.5. The van der Waals surface area contributed by atoms with E-state index >= 15 is 0 Å². The van der Waals surface area contributed by atoms with Crippen molar-refractivity contribution in [1.82, 2.24) is 10.2 Å². The molecular formula is C18H19N3O6. The van der Waals surface area contributed by atoms with Crippen LogP contribution in [-0.2, 0) is 23.9 Å². The number of ketones is 1. The van der Waals surface area contributed by atoms with Crippen LogP contribution in [0.15, 0.2) is 35.5 Å². The van der Waals surface area contributed by atoms with Crippen LogP contribution in [0.1, 0.15) is 6.42 Å². The number of anilines is 1. The van der Waals surface area contributed by atoms with E-state index in [2.05, 4.69) is 15.4 Å². The van der Waals surface area contributed by atoms with Crippen LogP contribution >= 0.6 is 0 Å². The van der Waals surface area contributed by atoms with Gasteiger partial charge in [0.1, 0.15) is 23.1 Å². The van der Waals surface area contributed by atoms with Gasteiger partial charge in [0.15, 0.2) is 5.78 Å². The van der Waals surface area contributed by atoms with Gasteiger partial charge in [0.25, 0.3) is 5.91 Å². The van der Waals surface area contributed by atoms with Crippen molar-refractivity contribution in [2.75, 3.05) is 32.6 Å². The van der Waals surface area contributed by atoms with Crippen LogP contribution < -0.4 is 15.4 Å². The fourth-order valence-electron chi connectivity index (χ4n) is 3.15. The largest absolute Gasteiger partial charge is 0.497 e. The molecule has 9 heteroatoms. The Labute approximate surface area is 155 Å². The molecule has 0 unspecified atom stereocenters. The van der Waals surface area contributed by atoms with Crippen LogP contribution in [0.2, 0.25) is 0 Å². The Morgan fingerprint density at radius 2 is 1.89 bits per heavy atom. The Morgan fingerprint density at radius 1 is 1.19 bits per heavy atom. The Morgan fingerprint density at radius 3 is 2.52 bits per heavy atom. The first-order valence-corrected chi connectivity index (χ1v) is 8.31. The Bertz CT molecular complexity index is 830. The predicted molar refractivity (Wildman–Crippen MR) is 93.8 cm³/mol. The lowest BCUT2D eigenvalue weighted by atomic mass is 9.92. The van der Waals surface area contributed by atoms with Crippen LogP contribution in [0.5, 0.6) is 5.75 Å². The second-order valence-electron chi connectivity index (χ2n) is 6.03. The van der Waals surface area contributed by atoms with Gasteiger partial charge < -0.3 is 25.0 Å². The second-order valence-corrected chi connectivity index (χ2v) is 6.03. The minimum absolute atomic E-state index is 0.112. The number of methoxy groups -OCH3 is 2. The molecular weight excluding hydrogens is 354 g/mol. The molecule has 0 spiro atoms. The van der Waals surface area contributed by atoms with E-state index in [9.17, 15) is 19.2 Å². The van der Waals surface area contributed by atoms with E-state index in [1.165, 1.54) is 12.0 Å². The van der Waals surface area contributed by atoms with Crippen molar-refractivity contribution in [2.24, 2.45) is 0 Å². The van der Waals surface area contributed by atoms with Crippen LogP contribution in [0.25, 0.3) is 0 Å². The van der Waals surface area contributed by atoms with Crippen molar-refractivity contribution in [3.8, 4) is 5.75 Å². The molecule has 1 fully saturated rings. The Kier molecular flexibility index (Phi) is 5.11. The average Bonchev–Trinajstić information content (AvgIpc) is 2.68. The number of nitrogens with zero attached hydrogens (tertiary/aromatic N) is 1. The summed E-state index contributed by atoms with van der Waals surface area (Å²) in [4.78, 5) is 51.0. The minimum Gasteiger partial charge on any atom is -0.497 e. The highest BCUT2D eigenvalue weighted by molar-refractivity contribution is 6.24. The summed E-state index contributed by atoms with van der Waals surface area (Å²) in [7, 11) is 2.67. The maximum atomic E-state index is 12.8. The summed E-state index contributed by atoms with van der Waals surface area (Å²) in [5.74, 6) is -1.85. The number of hydrogen-bond donors (Lipinski definition) is 2. The molecule has 2 aliphatic heterocycles. The first kappa shape index (κ1) is 18.4. The maximum absolute atomic E-state index is 12.8. The Hall–Kier alpha value is -3.36. The number of fused-ring (bicyclic) bond motifs is 1. The number of Topliss-reactive ketones (excluding diaryl/α,β-unsaturated/α-hetero) is 1. The molecule has 0 aliphatic carbocycles. The fraction of sp³-hybridized carbons (Fsp3) is 0.333. The van der Waals surface area contributed by atoms with Crippen molar-refractivity contribution in [1.29, 1.82) is 0 Å². The van der Waals surface area contributed by atoms with Crippen LogP contribution in [0, 0.1) is 0 Å². The number of amides is 2. The van der Waals surface area contributed by atoms with Crippen molar-refractivity contribution >= 4 is 29.3 Å². The molecule has 3 rings (SSSR count). The molecule has 2 N–H and O–H groups in total. The molecule has 0 bridgehead atoms. The number of benzene rings is 1. The van der Waals surface area contributed by atoms with Gasteiger partial charge in [-0.3, -0.25) is 14.4 Å². The lowest BCUT2D eigenvalue weighted by molar-refractivity contribution is -0.141. The number of hydrogen-bond acceptors (Lipinski definition) is 7. The summed E-state index contributed by atoms with van der Waals surface area (Å²) in [6.07, 6.45) is -0.219. The number of ether oxygens (including phenoxy) is 2. The van der Waals surface area contributed by atoms with E-state index in [0.717, 1.165) is 7.11 Å². The fourth-order valence-corrected chi connectivity index (χ4v) is 3.15. The summed E-state index contributed by atoms with van der Waals surface area (Å²) in [5, 5.41) is 5.32. The summed E-state index contributed by atoms with van der Waals surface area (Å²) in [6.45, 7) is 0.604. The van der Waals surface area contributed by atoms with E-state index in [0.29, 0.717) is 24.5 Å². The third kappa shape index (κ3) is 3.48. The quantitative estimate of drug-likeness (QED) is 0.556. The first-order valence-electron chi connectivity index (χ1n) is 8.31. The van der Waals surface area contributed by atoms with Crippen molar-refractivity contribution < 1.29 is 28.7 Å². The lowest BCUT2D eigenvalue weighted by Gasteiger charge is -2.40. The third-order valence-electron chi connectivity index (χ3n) is 4.46. The normalized spacial score (nSPS) is 19.2. The molecule has 142 valence electrons. The number of piperazine rings is 1. The van der Waals surface area contributed by atoms with Gasteiger partial charge in [-0.2, -0.15) is 0 Å². The number of carbonyl (C=O) groups is 4. The van der Waals surface area contributed by atoms with E-state index in [1.54, 1.807) is 24.3 Å². The molecule has 2 amide bonds. The van der Waals surface area contributed by atoms with Crippen LogP contribution in [-0.4, -0.2) is 61.8 Å². The van der Waals surface area contributed by atoms with Crippen molar-refractivity contribution in [3.63, 3.8) is 0 Å². The van der Waals surface area contributed by atoms with Gasteiger partial charge in [-0.25, -0.2) is 4.79 Å². The van der Waals surface area contributed by atoms with E-state index in [-0.39, 0.29) is 17.7 Å². The van der Waals surface area contributed by atoms with Crippen molar-refractivity contribution in [2.45, 2.75) is 12.5 Å². The minimum atomic E-state index is -0.894. The van der Waals surface area contributed by atoms with E-state index in [4.69, 9.17) is 4.74 Å². The number of esters is 1. The number of rotatable bonds is 4. The molecule has 1 atom stereocenters. The monoisotopic (exact) mass is 373 g/mol. The zero-order valence-corrected chi connectivity index (χ0v) is 14.9. The van der Waals surface area contributed by atoms with Gasteiger partial charge in [-0.1, -0.05) is 0 Å². The second kappa shape index (κ2) is 7.48. The van der Waals surface area contributed by atoms with Crippen molar-refractivity contribution in [3.05, 3.63) is 35.5 Å². The van der Waals surface area contributed by atoms with Gasteiger partial charge >= 0.3 is 5.97 Å². The third-order valence-corrected chi connectivity index (χ3v) is 4.46. The molecule has 9 nitrogen and oxygen atoms in total. The predicted octanol–water partition coefficient (Wildman–Crippen LogP) is -0.166. The molecule has 0 radical (unpaired) electrons. The smallest absolute Gasteiger partial charge is 0.343 e. The zero-order valence-electron chi connectivity index (χ0n) is 14.9. The Balaban J connectivity index is 1.89. The highest BCUT2D eigenvalue weighted by Gasteiger charge is 2.44. The zero-order chi connectivity index (χ0) is 19.6. The van der Waals surface area contributed by atoms with Gasteiger partial charge in [0, 0.05) is 25.2 Å². The number of carbonyl (C=O) groups excluding carboxylic acids is 4. The van der Waals surface area contributed by atoms with Gasteiger partial charge in [0.05, 0.1) is 14.2 Å². The standard InChI is InChI=1S/C18H19N3O6/c1-26-11-5-3-10(4-6-11)20-16(23)12-9-13(22)14(18(25)27-2)15-17(24)19-7-8-21(12)15/h3-6,12H,7-9H2,1-2H3,(H,19,24)(H,20,23)/t12-/m0/s1. The van der Waals surface area contributed by atoms with E-state index in [1.807, 2.05) is 0 Å². The molecule has 0 saturated carbocycles. The lowest BCUT2D eigenvalue weighted by Crippen LogP contribution is -2.57. The SMILES string of the molecule is COC(=O)C1=C2C(=O)NCCN2[C@H](C(=O)Nc2ccc(OC)cc2)CC1=O. The summed E-state index contributed by atoms with van der Waals surface area (Å²) in [6, 6.07) is 5.82. The molecule has 1 aromatic carbocycles. The topological polar surface area (TPSA) is 114 Å². The molecule has 2 heterocycles. The highest BCUT2D eigenvalue weighted by Crippen LogP contribution is 2.28. The first-order chi connectivity index (χ1) is 13.0. The molecule has 1 aromatic rings.